The number of hydrogen-bond donors (Lipinski definition) is 1. The Balaban J connectivity index is 2.03. The number of hydrogen-bond acceptors (Lipinski definition) is 3. The molecule has 0 aromatic heterocycles. The number of carbonyl (C=O) groups excluding carboxylic acids is 1. The largest absolute Gasteiger partial charge is 0.379 e. The zero-order chi connectivity index (χ0) is 10.2. The summed E-state index contributed by atoms with van der Waals surface area (Å²) in [4.78, 5) is 16.2. The molecule has 1 aliphatic heterocycles. The first kappa shape index (κ1) is 11.0. The Morgan fingerprint density at radius 1 is 1.50 bits per heavy atom. The van der Waals surface area contributed by atoms with Crippen LogP contribution in [0.2, 0.25) is 0 Å². The molecule has 0 aromatic carbocycles. The van der Waals surface area contributed by atoms with Crippen LogP contribution in [0.5, 0.6) is 0 Å². The van der Waals surface area contributed by atoms with E-state index in [9.17, 15) is 4.79 Å². The molecule has 0 aliphatic carbocycles. The van der Waals surface area contributed by atoms with Gasteiger partial charge in [0.15, 0.2) is 0 Å². The maximum Gasteiger partial charge on any atom is 0.300 e. The van der Waals surface area contributed by atoms with Gasteiger partial charge in [0, 0.05) is 26.2 Å². The minimum absolute atomic E-state index is 0.0664. The van der Waals surface area contributed by atoms with Crippen LogP contribution in [0.25, 0.3) is 4.85 Å². The lowest BCUT2D eigenvalue weighted by Crippen LogP contribution is -2.41. The summed E-state index contributed by atoms with van der Waals surface area (Å²) in [5.74, 6) is -0.187. The molecule has 1 N–H and O–H groups in total. The molecule has 0 unspecified atom stereocenters. The molecule has 1 aliphatic rings. The molecule has 1 amide bonds. The van der Waals surface area contributed by atoms with Crippen LogP contribution in [0, 0.1) is 6.57 Å². The minimum Gasteiger partial charge on any atom is -0.379 e. The van der Waals surface area contributed by atoms with Crippen molar-refractivity contribution in [1.82, 2.24) is 10.2 Å². The van der Waals surface area contributed by atoms with Crippen molar-refractivity contribution >= 4 is 5.91 Å². The van der Waals surface area contributed by atoms with E-state index in [4.69, 9.17) is 11.3 Å². The van der Waals surface area contributed by atoms with Gasteiger partial charge in [-0.15, -0.1) is 0 Å². The zero-order valence-electron chi connectivity index (χ0n) is 8.16. The maximum absolute atomic E-state index is 10.9. The van der Waals surface area contributed by atoms with Crippen LogP contribution >= 0.6 is 0 Å². The summed E-state index contributed by atoms with van der Waals surface area (Å²) in [6.45, 7) is 11.3. The SMILES string of the molecule is [C-]#[N+]CC(=O)NCCN1CCOCC1. The standard InChI is InChI=1S/C9H15N3O2/c1-10-8-9(13)11-2-3-12-4-6-14-7-5-12/h2-8H2,(H,11,13). The average molecular weight is 197 g/mol. The van der Waals surface area contributed by atoms with Crippen molar-refractivity contribution in [3.8, 4) is 0 Å². The summed E-state index contributed by atoms with van der Waals surface area (Å²) >= 11 is 0. The second-order valence-electron chi connectivity index (χ2n) is 3.12. The van der Waals surface area contributed by atoms with Crippen molar-refractivity contribution in [3.05, 3.63) is 11.4 Å². The van der Waals surface area contributed by atoms with Crippen LogP contribution < -0.4 is 5.32 Å². The minimum atomic E-state index is -0.187. The van der Waals surface area contributed by atoms with Gasteiger partial charge in [0.2, 0.25) is 0 Å². The van der Waals surface area contributed by atoms with Gasteiger partial charge in [-0.25, -0.2) is 6.57 Å². The molecule has 14 heavy (non-hydrogen) atoms. The molecule has 5 heteroatoms. The molecule has 1 fully saturated rings. The molecule has 0 atom stereocenters. The Morgan fingerprint density at radius 2 is 2.21 bits per heavy atom. The van der Waals surface area contributed by atoms with Crippen molar-refractivity contribution in [3.63, 3.8) is 0 Å². The second kappa shape index (κ2) is 6.35. The highest BCUT2D eigenvalue weighted by Crippen LogP contribution is 1.94. The quantitative estimate of drug-likeness (QED) is 0.609. The third-order valence-electron chi connectivity index (χ3n) is 2.08. The summed E-state index contributed by atoms with van der Waals surface area (Å²) in [6, 6.07) is 0. The number of carbonyl (C=O) groups is 1. The molecule has 1 rings (SSSR count). The third-order valence-corrected chi connectivity index (χ3v) is 2.08. The van der Waals surface area contributed by atoms with E-state index in [-0.39, 0.29) is 12.5 Å². The smallest absolute Gasteiger partial charge is 0.300 e. The van der Waals surface area contributed by atoms with E-state index in [0.717, 1.165) is 32.8 Å². The van der Waals surface area contributed by atoms with E-state index < -0.39 is 0 Å². The topological polar surface area (TPSA) is 45.9 Å². The number of ether oxygens (including phenoxy) is 1. The number of morpholine rings is 1. The number of rotatable bonds is 4. The number of nitrogens with one attached hydrogen (secondary N) is 1. The molecule has 1 heterocycles. The van der Waals surface area contributed by atoms with Gasteiger partial charge in [0.05, 0.1) is 13.2 Å². The molecular formula is C9H15N3O2. The van der Waals surface area contributed by atoms with Crippen molar-refractivity contribution in [2.45, 2.75) is 0 Å². The van der Waals surface area contributed by atoms with E-state index in [1.807, 2.05) is 0 Å². The van der Waals surface area contributed by atoms with Gasteiger partial charge >= 0.3 is 0 Å². The first-order valence-corrected chi connectivity index (χ1v) is 4.73. The molecule has 78 valence electrons. The molecule has 0 bridgehead atoms. The second-order valence-corrected chi connectivity index (χ2v) is 3.12. The van der Waals surface area contributed by atoms with Crippen LogP contribution in [0.4, 0.5) is 0 Å². The van der Waals surface area contributed by atoms with Crippen LogP contribution in [0.15, 0.2) is 0 Å². The number of amides is 1. The highest BCUT2D eigenvalue weighted by atomic mass is 16.5. The van der Waals surface area contributed by atoms with Crippen molar-refractivity contribution < 1.29 is 9.53 Å². The first-order valence-electron chi connectivity index (χ1n) is 4.73. The fourth-order valence-electron chi connectivity index (χ4n) is 1.31. The van der Waals surface area contributed by atoms with Crippen molar-refractivity contribution in [2.24, 2.45) is 0 Å². The monoisotopic (exact) mass is 197 g/mol. The lowest BCUT2D eigenvalue weighted by Gasteiger charge is -2.26. The van der Waals surface area contributed by atoms with E-state index >= 15 is 0 Å². The zero-order valence-corrected chi connectivity index (χ0v) is 8.16. The Morgan fingerprint density at radius 3 is 2.86 bits per heavy atom. The predicted octanol–water partition coefficient (Wildman–Crippen LogP) is -0.646. The summed E-state index contributed by atoms with van der Waals surface area (Å²) in [5, 5.41) is 2.70. The Bertz CT molecular complexity index is 219. The average Bonchev–Trinajstić information content (AvgIpc) is 2.20. The summed E-state index contributed by atoms with van der Waals surface area (Å²) in [6.07, 6.45) is 0. The van der Waals surface area contributed by atoms with Gasteiger partial charge in [0.25, 0.3) is 12.5 Å². The van der Waals surface area contributed by atoms with E-state index in [0.29, 0.717) is 6.54 Å². The Labute approximate surface area is 83.8 Å². The van der Waals surface area contributed by atoms with Gasteiger partial charge < -0.3 is 14.9 Å². The third kappa shape index (κ3) is 4.21. The van der Waals surface area contributed by atoms with Gasteiger partial charge in [-0.05, 0) is 0 Å². The molecule has 0 aromatic rings. The van der Waals surface area contributed by atoms with Crippen LogP contribution in [-0.2, 0) is 9.53 Å². The highest BCUT2D eigenvalue weighted by Gasteiger charge is 2.10. The van der Waals surface area contributed by atoms with E-state index in [1.54, 1.807) is 0 Å². The first-order chi connectivity index (χ1) is 6.83. The highest BCUT2D eigenvalue weighted by molar-refractivity contribution is 5.79. The van der Waals surface area contributed by atoms with Gasteiger partial charge in [-0.2, -0.15) is 0 Å². The van der Waals surface area contributed by atoms with Crippen LogP contribution in [0.1, 0.15) is 0 Å². The molecule has 1 saturated heterocycles. The molecule has 0 spiro atoms. The van der Waals surface area contributed by atoms with Crippen LogP contribution in [0.3, 0.4) is 0 Å². The Kier molecular flexibility index (Phi) is 4.97. The molecule has 5 nitrogen and oxygen atoms in total. The summed E-state index contributed by atoms with van der Waals surface area (Å²) in [7, 11) is 0. The van der Waals surface area contributed by atoms with Gasteiger partial charge in [0.1, 0.15) is 0 Å². The van der Waals surface area contributed by atoms with E-state index in [1.165, 1.54) is 0 Å². The van der Waals surface area contributed by atoms with Crippen LogP contribution in [-0.4, -0.2) is 56.7 Å². The lowest BCUT2D eigenvalue weighted by atomic mass is 10.4. The van der Waals surface area contributed by atoms with Gasteiger partial charge in [-0.1, -0.05) is 0 Å². The van der Waals surface area contributed by atoms with Crippen molar-refractivity contribution in [2.75, 3.05) is 45.9 Å². The fourth-order valence-corrected chi connectivity index (χ4v) is 1.31. The summed E-state index contributed by atoms with van der Waals surface area (Å²) < 4.78 is 5.20. The summed E-state index contributed by atoms with van der Waals surface area (Å²) in [5.41, 5.74) is 0. The number of nitrogens with zero attached hydrogens (tertiary/aromatic N) is 2. The molecular weight excluding hydrogens is 182 g/mol. The molecule has 0 radical (unpaired) electrons. The fraction of sp³-hybridized carbons (Fsp3) is 0.778. The van der Waals surface area contributed by atoms with Gasteiger partial charge in [-0.3, -0.25) is 9.69 Å². The predicted molar refractivity (Wildman–Crippen MR) is 51.7 cm³/mol. The van der Waals surface area contributed by atoms with Crippen molar-refractivity contribution in [1.29, 1.82) is 0 Å². The Hall–Kier alpha value is -1.12. The maximum atomic E-state index is 10.9. The normalized spacial score (nSPS) is 17.4. The molecule has 0 saturated carbocycles. The van der Waals surface area contributed by atoms with E-state index in [2.05, 4.69) is 15.1 Å². The lowest BCUT2D eigenvalue weighted by molar-refractivity contribution is -0.119.